The summed E-state index contributed by atoms with van der Waals surface area (Å²) in [6.07, 6.45) is -6.38. The van der Waals surface area contributed by atoms with E-state index in [-0.39, 0.29) is 10.6 Å². The number of carbonyl (C=O) groups is 2. The van der Waals surface area contributed by atoms with Gasteiger partial charge in [-0.1, -0.05) is 30.3 Å². The van der Waals surface area contributed by atoms with E-state index in [0.29, 0.717) is 4.88 Å². The van der Waals surface area contributed by atoms with Gasteiger partial charge in [0.15, 0.2) is 0 Å². The first kappa shape index (κ1) is 18.8. The Bertz CT molecular complexity index is 758. The number of nitrogens with one attached hydrogen (secondary N) is 1. The number of hydrogen-bond donors (Lipinski definition) is 2. The Morgan fingerprint density at radius 1 is 1.28 bits per heavy atom. The van der Waals surface area contributed by atoms with Gasteiger partial charge >= 0.3 is 12.1 Å². The van der Waals surface area contributed by atoms with Crippen molar-refractivity contribution in [1.82, 2.24) is 5.32 Å². The lowest BCUT2D eigenvalue weighted by molar-refractivity contribution is -0.157. The molecule has 0 spiro atoms. The maximum absolute atomic E-state index is 12.5. The standard InChI is InChI=1S/C16H14F3NO4S/c1-24-11-7-12(9-5-3-2-4-6-9)25-13(11)14(21)20-10(15(22)23)8-16(17,18)19/h2-7,10H,8H2,1H3,(H,20,21)(H,22,23). The number of methoxy groups -OCH3 is 1. The lowest BCUT2D eigenvalue weighted by atomic mass is 10.2. The predicted octanol–water partition coefficient (Wildman–Crippen LogP) is 3.56. The van der Waals surface area contributed by atoms with Crippen molar-refractivity contribution in [3.8, 4) is 16.2 Å². The van der Waals surface area contributed by atoms with Crippen molar-refractivity contribution < 1.29 is 32.6 Å². The van der Waals surface area contributed by atoms with E-state index in [0.717, 1.165) is 16.9 Å². The fraction of sp³-hybridized carbons (Fsp3) is 0.250. The molecule has 1 aromatic carbocycles. The molecule has 0 fully saturated rings. The highest BCUT2D eigenvalue weighted by atomic mass is 32.1. The van der Waals surface area contributed by atoms with Crippen LogP contribution in [0.2, 0.25) is 0 Å². The number of carboxylic acid groups (broad SMARTS) is 1. The van der Waals surface area contributed by atoms with Gasteiger partial charge < -0.3 is 15.2 Å². The molecule has 2 rings (SSSR count). The summed E-state index contributed by atoms with van der Waals surface area (Å²) >= 11 is 1.01. The molecule has 0 aliphatic heterocycles. The molecular formula is C16H14F3NO4S. The van der Waals surface area contributed by atoms with Crippen LogP contribution in [-0.2, 0) is 4.79 Å². The van der Waals surface area contributed by atoms with E-state index >= 15 is 0 Å². The van der Waals surface area contributed by atoms with Gasteiger partial charge in [-0.2, -0.15) is 13.2 Å². The highest BCUT2D eigenvalue weighted by Crippen LogP contribution is 2.36. The van der Waals surface area contributed by atoms with Crippen molar-refractivity contribution in [2.45, 2.75) is 18.6 Å². The Kier molecular flexibility index (Phi) is 5.68. The average Bonchev–Trinajstić information content (AvgIpc) is 2.98. The zero-order valence-electron chi connectivity index (χ0n) is 13.0. The number of carboxylic acids is 1. The predicted molar refractivity (Wildman–Crippen MR) is 85.9 cm³/mol. The molecule has 1 atom stereocenters. The molecule has 5 nitrogen and oxygen atoms in total. The van der Waals surface area contributed by atoms with E-state index < -0.39 is 30.5 Å². The van der Waals surface area contributed by atoms with Gasteiger partial charge in [-0.15, -0.1) is 11.3 Å². The van der Waals surface area contributed by atoms with Crippen LogP contribution in [0.1, 0.15) is 16.1 Å². The molecule has 1 aromatic heterocycles. The summed E-state index contributed by atoms with van der Waals surface area (Å²) in [6.45, 7) is 0. The minimum Gasteiger partial charge on any atom is -0.495 e. The fourth-order valence-corrected chi connectivity index (χ4v) is 3.12. The third-order valence-electron chi connectivity index (χ3n) is 3.22. The fourth-order valence-electron chi connectivity index (χ4n) is 2.08. The number of rotatable bonds is 6. The first-order valence-electron chi connectivity index (χ1n) is 7.05. The van der Waals surface area contributed by atoms with Gasteiger partial charge in [0.2, 0.25) is 0 Å². The number of benzene rings is 1. The van der Waals surface area contributed by atoms with E-state index in [4.69, 9.17) is 9.84 Å². The van der Waals surface area contributed by atoms with Crippen LogP contribution in [0.5, 0.6) is 5.75 Å². The number of alkyl halides is 3. The van der Waals surface area contributed by atoms with E-state index in [9.17, 15) is 22.8 Å². The summed E-state index contributed by atoms with van der Waals surface area (Å²) in [7, 11) is 1.32. The molecule has 9 heteroatoms. The quantitative estimate of drug-likeness (QED) is 0.812. The Labute approximate surface area is 145 Å². The second-order valence-electron chi connectivity index (χ2n) is 5.06. The monoisotopic (exact) mass is 373 g/mol. The average molecular weight is 373 g/mol. The zero-order valence-corrected chi connectivity index (χ0v) is 13.8. The second kappa shape index (κ2) is 7.56. The molecular weight excluding hydrogens is 359 g/mol. The normalized spacial score (nSPS) is 12.5. The van der Waals surface area contributed by atoms with Gasteiger partial charge in [-0.05, 0) is 11.6 Å². The largest absolute Gasteiger partial charge is 0.495 e. The molecule has 1 heterocycles. The van der Waals surface area contributed by atoms with E-state index in [1.165, 1.54) is 7.11 Å². The number of carbonyl (C=O) groups excluding carboxylic acids is 1. The van der Waals surface area contributed by atoms with Gasteiger partial charge in [-0.25, -0.2) is 4.79 Å². The van der Waals surface area contributed by atoms with Crippen molar-refractivity contribution in [3.63, 3.8) is 0 Å². The van der Waals surface area contributed by atoms with Crippen LogP contribution in [-0.4, -0.2) is 36.3 Å². The summed E-state index contributed by atoms with van der Waals surface area (Å²) in [6, 6.07) is 8.52. The summed E-state index contributed by atoms with van der Waals surface area (Å²) in [5.41, 5.74) is 0.801. The van der Waals surface area contributed by atoms with Crippen LogP contribution in [0, 0.1) is 0 Å². The molecule has 0 saturated heterocycles. The molecule has 0 aliphatic rings. The van der Waals surface area contributed by atoms with Crippen molar-refractivity contribution in [2.24, 2.45) is 0 Å². The Morgan fingerprint density at radius 3 is 2.44 bits per heavy atom. The number of aliphatic carboxylic acids is 1. The molecule has 2 N–H and O–H groups in total. The molecule has 2 aromatic rings. The molecule has 0 saturated carbocycles. The van der Waals surface area contributed by atoms with Crippen LogP contribution in [0.25, 0.3) is 10.4 Å². The molecule has 25 heavy (non-hydrogen) atoms. The SMILES string of the molecule is COc1cc(-c2ccccc2)sc1C(=O)NC(CC(F)(F)F)C(=O)O. The maximum Gasteiger partial charge on any atom is 0.391 e. The van der Waals surface area contributed by atoms with Crippen LogP contribution in [0.3, 0.4) is 0 Å². The molecule has 0 radical (unpaired) electrons. The van der Waals surface area contributed by atoms with Crippen LogP contribution in [0.4, 0.5) is 13.2 Å². The van der Waals surface area contributed by atoms with Crippen molar-refractivity contribution >= 4 is 23.2 Å². The highest BCUT2D eigenvalue weighted by molar-refractivity contribution is 7.17. The molecule has 0 bridgehead atoms. The van der Waals surface area contributed by atoms with Gasteiger partial charge in [-0.3, -0.25) is 4.79 Å². The van der Waals surface area contributed by atoms with E-state index in [2.05, 4.69) is 0 Å². The number of hydrogen-bond acceptors (Lipinski definition) is 4. The molecule has 1 amide bonds. The van der Waals surface area contributed by atoms with Crippen LogP contribution < -0.4 is 10.1 Å². The molecule has 134 valence electrons. The first-order valence-corrected chi connectivity index (χ1v) is 7.86. The van der Waals surface area contributed by atoms with Gasteiger partial charge in [0.25, 0.3) is 5.91 Å². The van der Waals surface area contributed by atoms with Crippen LogP contribution >= 0.6 is 11.3 Å². The van der Waals surface area contributed by atoms with Crippen molar-refractivity contribution in [3.05, 3.63) is 41.3 Å². The zero-order chi connectivity index (χ0) is 18.6. The smallest absolute Gasteiger partial charge is 0.391 e. The Morgan fingerprint density at radius 2 is 1.92 bits per heavy atom. The number of amides is 1. The van der Waals surface area contributed by atoms with Crippen LogP contribution in [0.15, 0.2) is 36.4 Å². The van der Waals surface area contributed by atoms with E-state index in [1.54, 1.807) is 30.3 Å². The number of ether oxygens (including phenoxy) is 1. The lowest BCUT2D eigenvalue weighted by Crippen LogP contribution is -2.43. The summed E-state index contributed by atoms with van der Waals surface area (Å²) in [4.78, 5) is 23.9. The Hall–Kier alpha value is -2.55. The molecule has 0 aliphatic carbocycles. The highest BCUT2D eigenvalue weighted by Gasteiger charge is 2.37. The molecule has 1 unspecified atom stereocenters. The minimum atomic E-state index is -4.72. The van der Waals surface area contributed by atoms with Gasteiger partial charge in [0.1, 0.15) is 16.7 Å². The summed E-state index contributed by atoms with van der Waals surface area (Å²) in [5, 5.41) is 10.8. The minimum absolute atomic E-state index is 0.00905. The third kappa shape index (κ3) is 4.96. The van der Waals surface area contributed by atoms with E-state index in [1.807, 2.05) is 11.4 Å². The first-order chi connectivity index (χ1) is 11.7. The Balaban J connectivity index is 2.26. The summed E-state index contributed by atoms with van der Waals surface area (Å²) in [5.74, 6) is -2.53. The number of halogens is 3. The second-order valence-corrected chi connectivity index (χ2v) is 6.11. The lowest BCUT2D eigenvalue weighted by Gasteiger charge is -2.16. The maximum atomic E-state index is 12.5. The number of thiophene rings is 1. The third-order valence-corrected chi connectivity index (χ3v) is 4.39. The van der Waals surface area contributed by atoms with Gasteiger partial charge in [0.05, 0.1) is 13.5 Å². The van der Waals surface area contributed by atoms with Gasteiger partial charge in [0, 0.05) is 4.88 Å². The van der Waals surface area contributed by atoms with Crippen molar-refractivity contribution in [2.75, 3.05) is 7.11 Å². The summed E-state index contributed by atoms with van der Waals surface area (Å²) < 4.78 is 42.5. The van der Waals surface area contributed by atoms with Crippen molar-refractivity contribution in [1.29, 1.82) is 0 Å². The topological polar surface area (TPSA) is 75.6 Å².